The van der Waals surface area contributed by atoms with Crippen LogP contribution in [-0.4, -0.2) is 6.21 Å². The second-order valence-electron chi connectivity index (χ2n) is 3.33. The van der Waals surface area contributed by atoms with Crippen LogP contribution in [0.15, 0.2) is 64.2 Å². The Hall–Kier alpha value is -1.77. The third-order valence-electron chi connectivity index (χ3n) is 1.26. The average Bonchev–Trinajstić information content (AvgIpc) is 2.11. The van der Waals surface area contributed by atoms with Crippen LogP contribution in [0.3, 0.4) is 0 Å². The molecule has 0 saturated carbocycles. The highest BCUT2D eigenvalue weighted by Crippen LogP contribution is 2.09. The Bertz CT molecular complexity index is 312. The summed E-state index contributed by atoms with van der Waals surface area (Å²) in [5.74, 6) is 0. The third-order valence-corrected chi connectivity index (χ3v) is 1.26. The first kappa shape index (κ1) is 13.2. The molecule has 3 nitrogen and oxygen atoms in total. The first-order valence-electron chi connectivity index (χ1n) is 4.54. The molecular formula is C12H17N3. The van der Waals surface area contributed by atoms with Crippen molar-refractivity contribution in [2.24, 2.45) is 15.2 Å². The highest BCUT2D eigenvalue weighted by molar-refractivity contribution is 5.78. The van der Waals surface area contributed by atoms with Crippen molar-refractivity contribution in [3.8, 4) is 0 Å². The molecule has 15 heavy (non-hydrogen) atoms. The van der Waals surface area contributed by atoms with E-state index in [9.17, 15) is 0 Å². The minimum Gasteiger partial charge on any atom is -0.262 e. The first-order chi connectivity index (χ1) is 6.91. The maximum Gasteiger partial charge on any atom is 0.0603 e. The summed E-state index contributed by atoms with van der Waals surface area (Å²) in [4.78, 5) is 4.02. The van der Waals surface area contributed by atoms with Gasteiger partial charge in [0.15, 0.2) is 0 Å². The van der Waals surface area contributed by atoms with Gasteiger partial charge >= 0.3 is 0 Å². The van der Waals surface area contributed by atoms with Gasteiger partial charge in [0.1, 0.15) is 0 Å². The molecular weight excluding hydrogens is 186 g/mol. The van der Waals surface area contributed by atoms with Gasteiger partial charge in [-0.1, -0.05) is 26.3 Å². The summed E-state index contributed by atoms with van der Waals surface area (Å²) in [6.45, 7) is 18.4. The summed E-state index contributed by atoms with van der Waals surface area (Å²) in [6.07, 6.45) is 2.21. The molecule has 0 unspecified atom stereocenters. The highest BCUT2D eigenvalue weighted by Gasteiger charge is 1.94. The lowest BCUT2D eigenvalue weighted by Crippen LogP contribution is -1.85. The van der Waals surface area contributed by atoms with E-state index < -0.39 is 0 Å². The van der Waals surface area contributed by atoms with Crippen LogP contribution in [0.25, 0.3) is 0 Å². The van der Waals surface area contributed by atoms with E-state index in [1.165, 1.54) is 0 Å². The lowest BCUT2D eigenvalue weighted by Gasteiger charge is -1.97. The quantitative estimate of drug-likeness (QED) is 0.461. The van der Waals surface area contributed by atoms with Gasteiger partial charge in [-0.3, -0.25) is 4.99 Å². The highest BCUT2D eigenvalue weighted by atomic mass is 15.1. The fourth-order valence-corrected chi connectivity index (χ4v) is 0.701. The maximum atomic E-state index is 4.02. The van der Waals surface area contributed by atoms with Crippen LogP contribution in [-0.2, 0) is 0 Å². The molecule has 0 aliphatic rings. The van der Waals surface area contributed by atoms with E-state index in [4.69, 9.17) is 0 Å². The van der Waals surface area contributed by atoms with Crippen LogP contribution in [0.2, 0.25) is 0 Å². The van der Waals surface area contributed by atoms with E-state index in [1.807, 2.05) is 6.92 Å². The van der Waals surface area contributed by atoms with Crippen molar-refractivity contribution in [1.29, 1.82) is 0 Å². The number of nitrogens with zero attached hydrogens (tertiary/aromatic N) is 3. The second-order valence-corrected chi connectivity index (χ2v) is 3.33. The van der Waals surface area contributed by atoms with E-state index in [2.05, 4.69) is 41.5 Å². The molecule has 0 aliphatic carbocycles. The monoisotopic (exact) mass is 203 g/mol. The van der Waals surface area contributed by atoms with E-state index in [0.29, 0.717) is 17.8 Å². The number of hydrogen-bond acceptors (Lipinski definition) is 3. The van der Waals surface area contributed by atoms with Crippen molar-refractivity contribution >= 4 is 6.21 Å². The lowest BCUT2D eigenvalue weighted by molar-refractivity contribution is 1.02. The number of azo groups is 1. The van der Waals surface area contributed by atoms with Crippen LogP contribution in [0.4, 0.5) is 0 Å². The zero-order valence-corrected chi connectivity index (χ0v) is 9.45. The van der Waals surface area contributed by atoms with Crippen LogP contribution < -0.4 is 0 Å². The van der Waals surface area contributed by atoms with Crippen LogP contribution in [0.1, 0.15) is 20.3 Å². The zero-order valence-electron chi connectivity index (χ0n) is 9.45. The molecule has 0 aromatic carbocycles. The Balaban J connectivity index is 4.14. The Morgan fingerprint density at radius 2 is 1.60 bits per heavy atom. The predicted octanol–water partition coefficient (Wildman–Crippen LogP) is 4.04. The molecule has 0 N–H and O–H groups in total. The number of rotatable bonds is 6. The second kappa shape index (κ2) is 6.65. The van der Waals surface area contributed by atoms with Crippen LogP contribution >= 0.6 is 0 Å². The van der Waals surface area contributed by atoms with Crippen molar-refractivity contribution in [3.63, 3.8) is 0 Å². The van der Waals surface area contributed by atoms with Crippen molar-refractivity contribution in [3.05, 3.63) is 49.0 Å². The SMILES string of the molecule is C=C(C=NC(=C)C)CC(=C)N=NC(=C)C. The molecule has 0 bridgehead atoms. The minimum atomic E-state index is 0.549. The molecule has 0 atom stereocenters. The van der Waals surface area contributed by atoms with Gasteiger partial charge in [0, 0.05) is 18.3 Å². The van der Waals surface area contributed by atoms with Crippen LogP contribution in [0, 0.1) is 0 Å². The topological polar surface area (TPSA) is 37.1 Å². The molecule has 0 rings (SSSR count). The lowest BCUT2D eigenvalue weighted by atomic mass is 10.2. The molecule has 0 aromatic rings. The molecule has 0 amide bonds. The molecule has 80 valence electrons. The molecule has 0 fully saturated rings. The molecule has 0 aromatic heterocycles. The maximum absolute atomic E-state index is 4.02. The Kier molecular flexibility index (Phi) is 5.86. The van der Waals surface area contributed by atoms with Crippen molar-refractivity contribution < 1.29 is 0 Å². The molecule has 0 radical (unpaired) electrons. The fraction of sp³-hybridized carbons (Fsp3) is 0.250. The van der Waals surface area contributed by atoms with Crippen molar-refractivity contribution in [2.45, 2.75) is 20.3 Å². The van der Waals surface area contributed by atoms with Gasteiger partial charge in [0.25, 0.3) is 0 Å². The fourth-order valence-electron chi connectivity index (χ4n) is 0.701. The van der Waals surface area contributed by atoms with Crippen LogP contribution in [0.5, 0.6) is 0 Å². The summed E-state index contributed by atoms with van der Waals surface area (Å²) in [6, 6.07) is 0. The summed E-state index contributed by atoms with van der Waals surface area (Å²) in [5.41, 5.74) is 2.85. The van der Waals surface area contributed by atoms with Gasteiger partial charge in [0.2, 0.25) is 0 Å². The molecule has 0 spiro atoms. The smallest absolute Gasteiger partial charge is 0.0603 e. The van der Waals surface area contributed by atoms with Gasteiger partial charge in [-0.25, -0.2) is 0 Å². The molecule has 0 heterocycles. The van der Waals surface area contributed by atoms with E-state index in [0.717, 1.165) is 11.3 Å². The van der Waals surface area contributed by atoms with E-state index in [1.54, 1.807) is 13.1 Å². The van der Waals surface area contributed by atoms with Gasteiger partial charge in [0.05, 0.1) is 11.4 Å². The standard InChI is InChI=1S/C12H17N3/c1-9(2)13-8-11(5)7-12(6)15-14-10(3)4/h8H,1,3,5-7H2,2,4H3. The zero-order chi connectivity index (χ0) is 11.8. The first-order valence-corrected chi connectivity index (χ1v) is 4.54. The van der Waals surface area contributed by atoms with Gasteiger partial charge in [-0.2, -0.15) is 10.2 Å². The van der Waals surface area contributed by atoms with Gasteiger partial charge < -0.3 is 0 Å². The van der Waals surface area contributed by atoms with E-state index in [-0.39, 0.29) is 0 Å². The Labute approximate surface area is 91.3 Å². The summed E-state index contributed by atoms with van der Waals surface area (Å²) < 4.78 is 0. The summed E-state index contributed by atoms with van der Waals surface area (Å²) >= 11 is 0. The minimum absolute atomic E-state index is 0.549. The summed E-state index contributed by atoms with van der Waals surface area (Å²) in [5, 5.41) is 7.68. The Morgan fingerprint density at radius 1 is 1.00 bits per heavy atom. The Morgan fingerprint density at radius 3 is 2.07 bits per heavy atom. The number of hydrogen-bond donors (Lipinski definition) is 0. The van der Waals surface area contributed by atoms with E-state index >= 15 is 0 Å². The van der Waals surface area contributed by atoms with Crippen molar-refractivity contribution in [2.75, 3.05) is 0 Å². The van der Waals surface area contributed by atoms with Crippen molar-refractivity contribution in [1.82, 2.24) is 0 Å². The average molecular weight is 203 g/mol. The molecule has 3 heteroatoms. The number of aliphatic imine (C=N–C) groups is 1. The predicted molar refractivity (Wildman–Crippen MR) is 65.9 cm³/mol. The van der Waals surface area contributed by atoms with Gasteiger partial charge in [-0.05, 0) is 19.4 Å². The molecule has 0 aliphatic heterocycles. The normalized spacial score (nSPS) is 10.8. The van der Waals surface area contributed by atoms with Gasteiger partial charge in [-0.15, -0.1) is 0 Å². The molecule has 0 saturated heterocycles. The largest absolute Gasteiger partial charge is 0.262 e. The number of allylic oxidation sites excluding steroid dienone is 3. The summed E-state index contributed by atoms with van der Waals surface area (Å²) in [7, 11) is 0. The third kappa shape index (κ3) is 8.56.